The van der Waals surface area contributed by atoms with Crippen LogP contribution in [0.3, 0.4) is 0 Å². The zero-order valence-electron chi connectivity index (χ0n) is 17.4. The van der Waals surface area contributed by atoms with E-state index in [9.17, 15) is 19.2 Å². The number of halogens is 1. The normalized spacial score (nSPS) is 16.7. The Hall–Kier alpha value is -3.46. The number of nitrogens with zero attached hydrogens (tertiary/aromatic N) is 2. The minimum atomic E-state index is -0.559. The molecule has 4 rings (SSSR count). The second-order valence-electron chi connectivity index (χ2n) is 8.44. The predicted octanol–water partition coefficient (Wildman–Crippen LogP) is 2.95. The Morgan fingerprint density at radius 3 is 2.77 bits per heavy atom. The lowest BCUT2D eigenvalue weighted by molar-refractivity contribution is -0.112. The van der Waals surface area contributed by atoms with Crippen LogP contribution in [-0.4, -0.2) is 35.1 Å². The number of benzene rings is 2. The number of oxime groups is 1. The smallest absolute Gasteiger partial charge is 0.281 e. The third kappa shape index (κ3) is 3.96. The van der Waals surface area contributed by atoms with Gasteiger partial charge in [-0.1, -0.05) is 5.16 Å². The molecule has 0 radical (unpaired) electrons. The maximum atomic E-state index is 14.2. The molecule has 8 nitrogen and oxygen atoms in total. The topological polar surface area (TPSA) is 100 Å². The van der Waals surface area contributed by atoms with E-state index < -0.39 is 17.3 Å². The molecule has 0 aromatic heterocycles. The van der Waals surface area contributed by atoms with Gasteiger partial charge >= 0.3 is 0 Å². The van der Waals surface area contributed by atoms with Gasteiger partial charge < -0.3 is 24.9 Å². The number of carbonyl (C=O) groups is 2. The number of amides is 2. The van der Waals surface area contributed by atoms with Crippen molar-refractivity contribution in [3.63, 3.8) is 0 Å². The van der Waals surface area contributed by atoms with E-state index in [-0.39, 0.29) is 31.6 Å². The molecule has 31 heavy (non-hydrogen) atoms. The lowest BCUT2D eigenvalue weighted by Crippen LogP contribution is -2.40. The molecule has 0 saturated heterocycles. The summed E-state index contributed by atoms with van der Waals surface area (Å²) in [5.74, 6) is -0.890. The molecule has 0 unspecified atom stereocenters. The van der Waals surface area contributed by atoms with Crippen LogP contribution in [-0.2, 0) is 22.7 Å². The first-order chi connectivity index (χ1) is 14.7. The van der Waals surface area contributed by atoms with Gasteiger partial charge in [-0.3, -0.25) is 9.59 Å². The van der Waals surface area contributed by atoms with E-state index in [4.69, 9.17) is 9.47 Å². The van der Waals surface area contributed by atoms with Gasteiger partial charge in [0.05, 0.1) is 18.8 Å². The van der Waals surface area contributed by atoms with E-state index in [2.05, 4.69) is 10.5 Å². The van der Waals surface area contributed by atoms with Crippen molar-refractivity contribution >= 4 is 23.2 Å². The van der Waals surface area contributed by atoms with Gasteiger partial charge in [-0.2, -0.15) is 0 Å². The van der Waals surface area contributed by atoms with Crippen molar-refractivity contribution in [2.75, 3.05) is 11.7 Å². The van der Waals surface area contributed by atoms with E-state index >= 15 is 0 Å². The molecule has 2 heterocycles. The van der Waals surface area contributed by atoms with E-state index in [1.165, 1.54) is 17.0 Å². The monoisotopic (exact) mass is 427 g/mol. The summed E-state index contributed by atoms with van der Waals surface area (Å²) in [4.78, 5) is 26.9. The summed E-state index contributed by atoms with van der Waals surface area (Å²) in [6.07, 6.45) is 0. The molecule has 0 saturated carbocycles. The third-order valence-corrected chi connectivity index (χ3v) is 4.92. The molecule has 2 amide bonds. The average molecular weight is 427 g/mol. The molecule has 0 bridgehead atoms. The number of hydrogen-bond acceptors (Lipinski definition) is 6. The van der Waals surface area contributed by atoms with Gasteiger partial charge in [-0.05, 0) is 51.1 Å². The fourth-order valence-electron chi connectivity index (χ4n) is 3.66. The minimum Gasteiger partial charge on any atom is -0.467 e. The highest BCUT2D eigenvalue weighted by atomic mass is 19.1. The van der Waals surface area contributed by atoms with Gasteiger partial charge in [-0.25, -0.2) is 4.39 Å². The second kappa shape index (κ2) is 7.66. The van der Waals surface area contributed by atoms with Crippen molar-refractivity contribution in [3.8, 4) is 5.75 Å². The molecule has 162 valence electrons. The van der Waals surface area contributed by atoms with Crippen molar-refractivity contribution < 1.29 is 28.7 Å². The maximum Gasteiger partial charge on any atom is 0.281 e. The van der Waals surface area contributed by atoms with Crippen molar-refractivity contribution in [1.29, 1.82) is 0 Å². The number of fused-ring (bicyclic) bond motifs is 2. The van der Waals surface area contributed by atoms with Crippen LogP contribution in [0.1, 0.15) is 47.8 Å². The zero-order valence-corrected chi connectivity index (χ0v) is 17.4. The highest BCUT2D eigenvalue weighted by Crippen LogP contribution is 2.36. The minimum absolute atomic E-state index is 0.0244. The molecule has 2 aliphatic heterocycles. The van der Waals surface area contributed by atoms with Crippen LogP contribution in [0.2, 0.25) is 0 Å². The van der Waals surface area contributed by atoms with Crippen molar-refractivity contribution in [3.05, 3.63) is 58.4 Å². The van der Waals surface area contributed by atoms with Gasteiger partial charge in [0.1, 0.15) is 11.6 Å². The molecule has 2 aliphatic rings. The summed E-state index contributed by atoms with van der Waals surface area (Å²) in [5, 5.41) is 15.4. The molecule has 0 aliphatic carbocycles. The summed E-state index contributed by atoms with van der Waals surface area (Å²) >= 11 is 0. The quantitative estimate of drug-likeness (QED) is 0.580. The first kappa shape index (κ1) is 20.8. The molecule has 2 aromatic carbocycles. The highest BCUT2D eigenvalue weighted by Gasteiger charge is 2.36. The Morgan fingerprint density at radius 1 is 1.29 bits per heavy atom. The Kier molecular flexibility index (Phi) is 5.14. The highest BCUT2D eigenvalue weighted by molar-refractivity contribution is 6.54. The first-order valence-electron chi connectivity index (χ1n) is 9.70. The first-order valence-corrected chi connectivity index (χ1v) is 9.70. The van der Waals surface area contributed by atoms with Crippen LogP contribution in [0.15, 0.2) is 35.5 Å². The second-order valence-corrected chi connectivity index (χ2v) is 8.44. The summed E-state index contributed by atoms with van der Waals surface area (Å²) < 4.78 is 24.9. The van der Waals surface area contributed by atoms with Crippen LogP contribution in [0.25, 0.3) is 0 Å². The number of carbonyl (C=O) groups excluding carboxylic acids is 2. The molecule has 2 N–H and O–H groups in total. The lowest BCUT2D eigenvalue weighted by atomic mass is 10.0. The molecular weight excluding hydrogens is 405 g/mol. The predicted molar refractivity (Wildman–Crippen MR) is 110 cm³/mol. The number of anilines is 1. The Labute approximate surface area is 178 Å². The van der Waals surface area contributed by atoms with Gasteiger partial charge in [0.25, 0.3) is 11.8 Å². The molecule has 0 fully saturated rings. The summed E-state index contributed by atoms with van der Waals surface area (Å²) in [5.41, 5.74) is 1.52. The maximum absolute atomic E-state index is 14.2. The van der Waals surface area contributed by atoms with Crippen LogP contribution < -0.4 is 15.0 Å². The number of nitrogens with one attached hydrogen (secondary N) is 1. The van der Waals surface area contributed by atoms with Crippen LogP contribution in [0.4, 0.5) is 10.1 Å². The Bertz CT molecular complexity index is 1110. The number of rotatable bonds is 3. The van der Waals surface area contributed by atoms with E-state index in [0.29, 0.717) is 33.7 Å². The molecule has 0 spiro atoms. The average Bonchev–Trinajstić information content (AvgIpc) is 2.97. The van der Waals surface area contributed by atoms with E-state index in [0.717, 1.165) is 0 Å². The Morgan fingerprint density at radius 2 is 2.06 bits per heavy atom. The van der Waals surface area contributed by atoms with Crippen LogP contribution >= 0.6 is 0 Å². The number of ether oxygens (including phenoxy) is 2. The number of hydrogen-bond donors (Lipinski definition) is 2. The standard InChI is InChI=1S/C22H22FN3O5/c1-22(2,3)24-20(27)12-4-5-16-17(8-12)26(21(28)18(16)25-29)9-13-6-15(23)7-14-10-30-11-31-19(13)14/h4-8,29H,9-11H2,1-3H3,(H,24,27)/b25-18-. The van der Waals surface area contributed by atoms with Crippen molar-refractivity contribution in [2.24, 2.45) is 5.16 Å². The van der Waals surface area contributed by atoms with E-state index in [1.807, 2.05) is 20.8 Å². The third-order valence-electron chi connectivity index (χ3n) is 4.92. The van der Waals surface area contributed by atoms with Gasteiger partial charge in [0.15, 0.2) is 12.5 Å². The van der Waals surface area contributed by atoms with Gasteiger partial charge in [0, 0.05) is 27.8 Å². The summed E-state index contributed by atoms with van der Waals surface area (Å²) in [7, 11) is 0. The van der Waals surface area contributed by atoms with Gasteiger partial charge in [-0.15, -0.1) is 0 Å². The Balaban J connectivity index is 1.74. The molecule has 2 aromatic rings. The van der Waals surface area contributed by atoms with E-state index in [1.54, 1.807) is 18.2 Å². The lowest BCUT2D eigenvalue weighted by Gasteiger charge is -2.24. The molecule has 9 heteroatoms. The van der Waals surface area contributed by atoms with Crippen molar-refractivity contribution in [1.82, 2.24) is 5.32 Å². The largest absolute Gasteiger partial charge is 0.467 e. The fourth-order valence-corrected chi connectivity index (χ4v) is 3.66. The molecule has 0 atom stereocenters. The zero-order chi connectivity index (χ0) is 22.3. The van der Waals surface area contributed by atoms with Crippen LogP contribution in [0.5, 0.6) is 5.75 Å². The van der Waals surface area contributed by atoms with Crippen molar-refractivity contribution in [2.45, 2.75) is 39.5 Å². The molecular formula is C22H22FN3O5. The SMILES string of the molecule is CC(C)(C)NC(=O)c1ccc2c(c1)N(Cc1cc(F)cc3c1OCOC3)C(=O)/C2=N\O. The van der Waals surface area contributed by atoms with Crippen LogP contribution in [0, 0.1) is 5.82 Å². The fraction of sp³-hybridized carbons (Fsp3) is 0.318. The van der Waals surface area contributed by atoms with Gasteiger partial charge in [0.2, 0.25) is 0 Å². The summed E-state index contributed by atoms with van der Waals surface area (Å²) in [6.45, 7) is 5.78. The summed E-state index contributed by atoms with van der Waals surface area (Å²) in [6, 6.07) is 7.30.